The van der Waals surface area contributed by atoms with Crippen LogP contribution in [0.15, 0.2) is 47.6 Å². The van der Waals surface area contributed by atoms with Crippen LogP contribution in [0.1, 0.15) is 33.4 Å². The summed E-state index contributed by atoms with van der Waals surface area (Å²) >= 11 is 6.29. The Hall–Kier alpha value is -2.67. The maximum absolute atomic E-state index is 12.1. The number of carbonyl (C=O) groups excluding carboxylic acids is 1. The molecule has 1 aromatic heterocycles. The molecule has 8 heteroatoms. The van der Waals surface area contributed by atoms with Gasteiger partial charge in [0.1, 0.15) is 11.3 Å². The highest BCUT2D eigenvalue weighted by atomic mass is 35.5. The molecule has 0 bridgehead atoms. The molecule has 0 radical (unpaired) electrons. The number of halogens is 1. The third kappa shape index (κ3) is 4.74. The molecule has 2 atom stereocenters. The zero-order valence-corrected chi connectivity index (χ0v) is 16.4. The van der Waals surface area contributed by atoms with E-state index in [2.05, 4.69) is 15.7 Å². The lowest BCUT2D eigenvalue weighted by atomic mass is 10.2. The summed E-state index contributed by atoms with van der Waals surface area (Å²) < 4.78 is 13.1. The van der Waals surface area contributed by atoms with Gasteiger partial charge >= 0.3 is 6.09 Å². The first-order valence-corrected chi connectivity index (χ1v) is 9.04. The monoisotopic (exact) mass is 390 g/mol. The van der Waals surface area contributed by atoms with E-state index in [1.54, 1.807) is 16.9 Å². The number of fused-ring (bicyclic) bond motifs is 1. The standard InChI is InChI=1S/C19H23ClN4O3/c1-12(21-18(25)27-19(2,3)4)16-23-24-11-10-14(20)15(24)17(26-16)22-13-8-6-5-7-9-13/h5-12,16,23H,1-4H3,(H,21,25)/b22-17-. The molecule has 1 aromatic carbocycles. The van der Waals surface area contributed by atoms with Gasteiger partial charge in [0.25, 0.3) is 0 Å². The molecule has 0 saturated heterocycles. The Bertz CT molecular complexity index is 842. The van der Waals surface area contributed by atoms with Crippen molar-refractivity contribution in [2.75, 3.05) is 5.43 Å². The summed E-state index contributed by atoms with van der Waals surface area (Å²) in [7, 11) is 0. The number of hydrogen-bond acceptors (Lipinski definition) is 5. The molecular formula is C19H23ClN4O3. The number of benzene rings is 1. The summed E-state index contributed by atoms with van der Waals surface area (Å²) in [5.74, 6) is 0.373. The van der Waals surface area contributed by atoms with Gasteiger partial charge in [-0.15, -0.1) is 0 Å². The van der Waals surface area contributed by atoms with Gasteiger partial charge < -0.3 is 14.8 Å². The Balaban J connectivity index is 1.81. The molecule has 27 heavy (non-hydrogen) atoms. The first-order chi connectivity index (χ1) is 12.7. The number of nitrogens with one attached hydrogen (secondary N) is 2. The fourth-order valence-corrected chi connectivity index (χ4v) is 2.77. The molecule has 7 nitrogen and oxygen atoms in total. The number of aliphatic imine (C=N–C) groups is 1. The lowest BCUT2D eigenvalue weighted by molar-refractivity contribution is 0.0451. The van der Waals surface area contributed by atoms with Gasteiger partial charge in [-0.2, -0.15) is 0 Å². The van der Waals surface area contributed by atoms with Gasteiger partial charge in [-0.1, -0.05) is 29.8 Å². The van der Waals surface area contributed by atoms with E-state index in [9.17, 15) is 4.79 Å². The highest BCUT2D eigenvalue weighted by Crippen LogP contribution is 2.25. The molecule has 0 aliphatic carbocycles. The van der Waals surface area contributed by atoms with E-state index in [1.165, 1.54) is 0 Å². The predicted molar refractivity (Wildman–Crippen MR) is 105 cm³/mol. The topological polar surface area (TPSA) is 76.9 Å². The number of para-hydroxylation sites is 1. The number of ether oxygens (including phenoxy) is 2. The molecular weight excluding hydrogens is 368 g/mol. The molecule has 0 fully saturated rings. The maximum atomic E-state index is 12.1. The van der Waals surface area contributed by atoms with Crippen LogP contribution in [0.4, 0.5) is 10.5 Å². The summed E-state index contributed by atoms with van der Waals surface area (Å²) in [5.41, 5.74) is 3.95. The molecule has 1 aliphatic heterocycles. The lowest BCUT2D eigenvalue weighted by Crippen LogP contribution is -2.53. The zero-order valence-electron chi connectivity index (χ0n) is 15.7. The minimum atomic E-state index is -0.578. The number of carbonyl (C=O) groups is 1. The number of nitrogens with zero attached hydrogens (tertiary/aromatic N) is 2. The second-order valence-corrected chi connectivity index (χ2v) is 7.64. The zero-order chi connectivity index (χ0) is 19.6. The minimum Gasteiger partial charge on any atom is -0.448 e. The predicted octanol–water partition coefficient (Wildman–Crippen LogP) is 4.03. The normalized spacial score (nSPS) is 18.9. The highest BCUT2D eigenvalue weighted by molar-refractivity contribution is 6.33. The largest absolute Gasteiger partial charge is 0.448 e. The van der Waals surface area contributed by atoms with Gasteiger partial charge in [0.15, 0.2) is 0 Å². The van der Waals surface area contributed by atoms with Crippen LogP contribution in [-0.2, 0) is 9.47 Å². The quantitative estimate of drug-likeness (QED) is 0.829. The SMILES string of the molecule is CC(NC(=O)OC(C)(C)C)C1Nn2ccc(Cl)c2/C(=N/c2ccccc2)O1. The van der Waals surface area contributed by atoms with E-state index in [1.807, 2.05) is 58.0 Å². The van der Waals surface area contributed by atoms with Crippen molar-refractivity contribution >= 4 is 29.3 Å². The molecule has 2 aromatic rings. The van der Waals surface area contributed by atoms with E-state index < -0.39 is 24.0 Å². The van der Waals surface area contributed by atoms with E-state index >= 15 is 0 Å². The number of aromatic nitrogens is 1. The van der Waals surface area contributed by atoms with Crippen LogP contribution < -0.4 is 10.7 Å². The van der Waals surface area contributed by atoms with Crippen LogP contribution in [-0.4, -0.2) is 34.5 Å². The minimum absolute atomic E-state index is 0.373. The number of alkyl carbamates (subject to hydrolysis) is 1. The average Bonchev–Trinajstić information content (AvgIpc) is 2.95. The summed E-state index contributed by atoms with van der Waals surface area (Å²) in [4.78, 5) is 16.6. The second kappa shape index (κ2) is 7.52. The molecule has 1 amide bonds. The van der Waals surface area contributed by atoms with Crippen molar-refractivity contribution < 1.29 is 14.3 Å². The molecule has 2 heterocycles. The Morgan fingerprint density at radius 2 is 2.04 bits per heavy atom. The Morgan fingerprint density at radius 3 is 2.70 bits per heavy atom. The van der Waals surface area contributed by atoms with Crippen molar-refractivity contribution in [2.45, 2.75) is 45.6 Å². The summed E-state index contributed by atoms with van der Waals surface area (Å²) in [6.07, 6.45) is 0.711. The van der Waals surface area contributed by atoms with Crippen LogP contribution >= 0.6 is 11.6 Å². The van der Waals surface area contributed by atoms with E-state index in [-0.39, 0.29) is 0 Å². The van der Waals surface area contributed by atoms with Crippen LogP contribution in [0.3, 0.4) is 0 Å². The fraction of sp³-hybridized carbons (Fsp3) is 0.368. The Kier molecular flexibility index (Phi) is 5.32. The van der Waals surface area contributed by atoms with Gasteiger partial charge in [0.2, 0.25) is 12.1 Å². The fourth-order valence-electron chi connectivity index (χ4n) is 2.54. The maximum Gasteiger partial charge on any atom is 0.408 e. The third-order valence-corrected chi connectivity index (χ3v) is 4.03. The number of rotatable bonds is 3. The van der Waals surface area contributed by atoms with Gasteiger partial charge in [-0.25, -0.2) is 9.79 Å². The summed E-state index contributed by atoms with van der Waals surface area (Å²) in [5, 5.41) is 3.30. The van der Waals surface area contributed by atoms with Crippen molar-refractivity contribution in [3.63, 3.8) is 0 Å². The molecule has 0 spiro atoms. The molecule has 3 rings (SSSR count). The molecule has 0 saturated carbocycles. The Morgan fingerprint density at radius 1 is 1.33 bits per heavy atom. The first kappa shape index (κ1) is 19.1. The average molecular weight is 391 g/mol. The van der Waals surface area contributed by atoms with Crippen molar-refractivity contribution in [1.29, 1.82) is 0 Å². The number of hydrogen-bond donors (Lipinski definition) is 2. The van der Waals surface area contributed by atoms with Crippen LogP contribution in [0.5, 0.6) is 0 Å². The van der Waals surface area contributed by atoms with E-state index in [0.717, 1.165) is 5.69 Å². The Labute approximate surface area is 163 Å². The third-order valence-electron chi connectivity index (χ3n) is 3.73. The van der Waals surface area contributed by atoms with Crippen molar-refractivity contribution in [1.82, 2.24) is 9.99 Å². The molecule has 2 N–H and O–H groups in total. The van der Waals surface area contributed by atoms with E-state index in [4.69, 9.17) is 21.1 Å². The first-order valence-electron chi connectivity index (χ1n) is 8.66. The van der Waals surface area contributed by atoms with E-state index in [0.29, 0.717) is 16.6 Å². The van der Waals surface area contributed by atoms with Crippen molar-refractivity contribution in [3.8, 4) is 0 Å². The second-order valence-electron chi connectivity index (χ2n) is 7.24. The van der Waals surface area contributed by atoms with Crippen molar-refractivity contribution in [2.24, 2.45) is 4.99 Å². The van der Waals surface area contributed by atoms with Crippen molar-refractivity contribution in [3.05, 3.63) is 53.3 Å². The molecule has 1 aliphatic rings. The summed E-state index contributed by atoms with van der Waals surface area (Å²) in [6.45, 7) is 7.25. The number of amides is 1. The van der Waals surface area contributed by atoms with Crippen LogP contribution in [0, 0.1) is 0 Å². The highest BCUT2D eigenvalue weighted by Gasteiger charge is 2.31. The van der Waals surface area contributed by atoms with Gasteiger partial charge in [-0.3, -0.25) is 10.1 Å². The van der Waals surface area contributed by atoms with Crippen LogP contribution in [0.25, 0.3) is 0 Å². The smallest absolute Gasteiger partial charge is 0.408 e. The lowest BCUT2D eigenvalue weighted by Gasteiger charge is -2.33. The van der Waals surface area contributed by atoms with Crippen LogP contribution in [0.2, 0.25) is 5.02 Å². The van der Waals surface area contributed by atoms with Gasteiger partial charge in [0, 0.05) is 6.20 Å². The van der Waals surface area contributed by atoms with Gasteiger partial charge in [-0.05, 0) is 45.9 Å². The molecule has 144 valence electrons. The molecule has 2 unspecified atom stereocenters. The summed E-state index contributed by atoms with van der Waals surface area (Å²) in [6, 6.07) is 10.8. The van der Waals surface area contributed by atoms with Gasteiger partial charge in [0.05, 0.1) is 16.8 Å².